The summed E-state index contributed by atoms with van der Waals surface area (Å²) in [4.78, 5) is 42.9. The molecular weight excluding hydrogens is 328 g/mol. The summed E-state index contributed by atoms with van der Waals surface area (Å²) in [6, 6.07) is 4.44. The fraction of sp³-hybridized carbons (Fsp3) is 0.250. The van der Waals surface area contributed by atoms with Gasteiger partial charge in [-0.25, -0.2) is 9.59 Å². The molecule has 0 spiro atoms. The van der Waals surface area contributed by atoms with E-state index in [1.54, 1.807) is 6.92 Å². The molecule has 0 aliphatic rings. The highest BCUT2D eigenvalue weighted by atomic mass is 16.5. The van der Waals surface area contributed by atoms with Gasteiger partial charge in [0.05, 0.1) is 12.3 Å². The number of hydrogen-bond acceptors (Lipinski definition) is 6. The van der Waals surface area contributed by atoms with Crippen LogP contribution < -0.4 is 21.7 Å². The zero-order valence-corrected chi connectivity index (χ0v) is 13.9. The molecule has 0 atom stereocenters. The van der Waals surface area contributed by atoms with E-state index >= 15 is 0 Å². The van der Waals surface area contributed by atoms with Crippen molar-refractivity contribution in [1.29, 1.82) is 0 Å². The monoisotopic (exact) mass is 344 g/mol. The van der Waals surface area contributed by atoms with Crippen molar-refractivity contribution in [1.82, 2.24) is 19.1 Å². The summed E-state index contributed by atoms with van der Waals surface area (Å²) in [6.45, 7) is 2.10. The van der Waals surface area contributed by atoms with Gasteiger partial charge in [-0.3, -0.25) is 13.9 Å². The van der Waals surface area contributed by atoms with Gasteiger partial charge in [0.25, 0.3) is 5.56 Å². The molecule has 25 heavy (non-hydrogen) atoms. The molecule has 0 unspecified atom stereocenters. The lowest BCUT2D eigenvalue weighted by Crippen LogP contribution is -2.38. The van der Waals surface area contributed by atoms with E-state index in [0.717, 1.165) is 9.13 Å². The van der Waals surface area contributed by atoms with E-state index in [9.17, 15) is 19.5 Å². The molecule has 3 aromatic rings. The lowest BCUT2D eigenvalue weighted by atomic mass is 10.1. The highest BCUT2D eigenvalue weighted by molar-refractivity contribution is 5.89. The van der Waals surface area contributed by atoms with Gasteiger partial charge in [0.2, 0.25) is 0 Å². The predicted octanol–water partition coefficient (Wildman–Crippen LogP) is 0.0918. The Hall–Kier alpha value is -3.36. The zero-order valence-electron chi connectivity index (χ0n) is 13.9. The molecule has 9 nitrogen and oxygen atoms in total. The van der Waals surface area contributed by atoms with Gasteiger partial charge in [0.15, 0.2) is 17.1 Å². The molecular formula is C16H16N4O5. The lowest BCUT2D eigenvalue weighted by Gasteiger charge is -2.12. The summed E-state index contributed by atoms with van der Waals surface area (Å²) in [5.74, 6) is 0.152. The first-order valence-electron chi connectivity index (χ1n) is 7.51. The standard InChI is InChI=1S/C16H16N4O5/c1-4-25-10-7-8(5-6-9(10)21)12-11-13(18-15(23)17-12)19(2)16(24)20(3)14(11)22/h5-7,21H,4H2,1-3H3,(H,17,18,23). The molecule has 130 valence electrons. The molecule has 0 amide bonds. The first-order valence-corrected chi connectivity index (χ1v) is 7.51. The molecule has 9 heteroatoms. The second-order valence-corrected chi connectivity index (χ2v) is 5.44. The van der Waals surface area contributed by atoms with Crippen LogP contribution in [0.5, 0.6) is 11.5 Å². The zero-order chi connectivity index (χ0) is 18.3. The summed E-state index contributed by atoms with van der Waals surface area (Å²) in [6.07, 6.45) is 0. The Morgan fingerprint density at radius 3 is 2.60 bits per heavy atom. The average Bonchev–Trinajstić information content (AvgIpc) is 2.59. The van der Waals surface area contributed by atoms with Gasteiger partial charge in [0, 0.05) is 19.7 Å². The Labute approximate surface area is 140 Å². The molecule has 0 bridgehead atoms. The van der Waals surface area contributed by atoms with Crippen LogP contribution in [0.2, 0.25) is 0 Å². The largest absolute Gasteiger partial charge is 0.504 e. The van der Waals surface area contributed by atoms with E-state index in [1.165, 1.54) is 32.3 Å². The maximum Gasteiger partial charge on any atom is 0.347 e. The number of phenols is 1. The number of nitrogens with zero attached hydrogens (tertiary/aromatic N) is 3. The van der Waals surface area contributed by atoms with E-state index in [2.05, 4.69) is 9.97 Å². The molecule has 2 heterocycles. The summed E-state index contributed by atoms with van der Waals surface area (Å²) < 4.78 is 7.42. The van der Waals surface area contributed by atoms with Gasteiger partial charge in [0.1, 0.15) is 5.39 Å². The first kappa shape index (κ1) is 16.5. The number of aryl methyl sites for hydroxylation is 1. The number of aromatic amines is 1. The predicted molar refractivity (Wildman–Crippen MR) is 91.1 cm³/mol. The van der Waals surface area contributed by atoms with Gasteiger partial charge < -0.3 is 14.8 Å². The fourth-order valence-corrected chi connectivity index (χ4v) is 2.63. The Bertz CT molecular complexity index is 1160. The number of aromatic nitrogens is 4. The topological polar surface area (TPSA) is 119 Å². The molecule has 0 radical (unpaired) electrons. The summed E-state index contributed by atoms with van der Waals surface area (Å²) in [5.41, 5.74) is -1.23. The Kier molecular flexibility index (Phi) is 3.91. The first-order chi connectivity index (χ1) is 11.8. The lowest BCUT2D eigenvalue weighted by molar-refractivity contribution is 0.318. The van der Waals surface area contributed by atoms with Crippen molar-refractivity contribution in [2.24, 2.45) is 14.1 Å². The highest BCUT2D eigenvalue weighted by Crippen LogP contribution is 2.32. The normalized spacial score (nSPS) is 11.0. The van der Waals surface area contributed by atoms with Crippen molar-refractivity contribution in [2.45, 2.75) is 6.92 Å². The summed E-state index contributed by atoms with van der Waals surface area (Å²) in [5, 5.41) is 9.93. The summed E-state index contributed by atoms with van der Waals surface area (Å²) >= 11 is 0. The van der Waals surface area contributed by atoms with E-state index in [-0.39, 0.29) is 28.2 Å². The van der Waals surface area contributed by atoms with Crippen LogP contribution in [0.4, 0.5) is 0 Å². The number of benzene rings is 1. The Balaban J connectivity index is 2.46. The van der Waals surface area contributed by atoms with Gasteiger partial charge in [-0.15, -0.1) is 0 Å². The van der Waals surface area contributed by atoms with E-state index in [0.29, 0.717) is 12.2 Å². The van der Waals surface area contributed by atoms with Crippen LogP contribution in [0, 0.1) is 0 Å². The molecule has 0 aliphatic carbocycles. The van der Waals surface area contributed by atoms with Crippen molar-refractivity contribution in [2.75, 3.05) is 6.61 Å². The van der Waals surface area contributed by atoms with Crippen molar-refractivity contribution >= 4 is 11.0 Å². The number of rotatable bonds is 3. The van der Waals surface area contributed by atoms with Crippen molar-refractivity contribution in [3.05, 3.63) is 49.5 Å². The smallest absolute Gasteiger partial charge is 0.347 e. The minimum absolute atomic E-state index is 0.0158. The van der Waals surface area contributed by atoms with Crippen LogP contribution in [0.3, 0.4) is 0 Å². The average molecular weight is 344 g/mol. The third kappa shape index (κ3) is 2.59. The number of ether oxygens (including phenoxy) is 1. The molecule has 2 N–H and O–H groups in total. The Morgan fingerprint density at radius 1 is 1.20 bits per heavy atom. The van der Waals surface area contributed by atoms with Gasteiger partial charge in [-0.1, -0.05) is 0 Å². The van der Waals surface area contributed by atoms with Crippen molar-refractivity contribution in [3.8, 4) is 22.8 Å². The van der Waals surface area contributed by atoms with Crippen LogP contribution in [0.25, 0.3) is 22.3 Å². The van der Waals surface area contributed by atoms with E-state index in [1.807, 2.05) is 0 Å². The van der Waals surface area contributed by atoms with E-state index < -0.39 is 16.9 Å². The maximum absolute atomic E-state index is 12.6. The Morgan fingerprint density at radius 2 is 1.92 bits per heavy atom. The molecule has 0 saturated carbocycles. The minimum atomic E-state index is -0.697. The van der Waals surface area contributed by atoms with Crippen LogP contribution in [0.1, 0.15) is 6.92 Å². The quantitative estimate of drug-likeness (QED) is 0.695. The molecule has 0 aliphatic heterocycles. The van der Waals surface area contributed by atoms with Gasteiger partial charge in [-0.2, -0.15) is 4.98 Å². The second kappa shape index (κ2) is 5.93. The second-order valence-electron chi connectivity index (χ2n) is 5.44. The minimum Gasteiger partial charge on any atom is -0.504 e. The molecule has 2 aromatic heterocycles. The van der Waals surface area contributed by atoms with Crippen LogP contribution in [-0.2, 0) is 14.1 Å². The number of nitrogens with one attached hydrogen (secondary N) is 1. The van der Waals surface area contributed by atoms with Crippen molar-refractivity contribution in [3.63, 3.8) is 0 Å². The molecule has 3 rings (SSSR count). The molecule has 1 aromatic carbocycles. The van der Waals surface area contributed by atoms with Crippen LogP contribution >= 0.6 is 0 Å². The number of fused-ring (bicyclic) bond motifs is 1. The number of aromatic hydroxyl groups is 1. The van der Waals surface area contributed by atoms with Crippen LogP contribution in [-0.4, -0.2) is 30.8 Å². The fourth-order valence-electron chi connectivity index (χ4n) is 2.63. The van der Waals surface area contributed by atoms with Crippen molar-refractivity contribution < 1.29 is 9.84 Å². The third-order valence-electron chi connectivity index (χ3n) is 3.87. The van der Waals surface area contributed by atoms with E-state index in [4.69, 9.17) is 4.74 Å². The molecule has 0 fully saturated rings. The molecule has 0 saturated heterocycles. The SMILES string of the molecule is CCOc1cc(-c2[nH]c(=O)nc3c2c(=O)n(C)c(=O)n3C)ccc1O. The third-order valence-corrected chi connectivity index (χ3v) is 3.87. The summed E-state index contributed by atoms with van der Waals surface area (Å²) in [7, 11) is 2.78. The van der Waals surface area contributed by atoms with Crippen LogP contribution in [0.15, 0.2) is 32.6 Å². The van der Waals surface area contributed by atoms with Gasteiger partial charge >= 0.3 is 11.4 Å². The number of H-pyrrole nitrogens is 1. The maximum atomic E-state index is 12.6. The number of phenolic OH excluding ortho intramolecular Hbond substituents is 1. The highest BCUT2D eigenvalue weighted by Gasteiger charge is 2.17. The number of hydrogen-bond donors (Lipinski definition) is 2. The van der Waals surface area contributed by atoms with Gasteiger partial charge in [-0.05, 0) is 25.1 Å².